The number of pyridine rings is 1. The van der Waals surface area contributed by atoms with E-state index in [1.54, 1.807) is 12.5 Å². The van der Waals surface area contributed by atoms with E-state index in [2.05, 4.69) is 57.1 Å². The lowest BCUT2D eigenvalue weighted by atomic mass is 9.96. The first-order chi connectivity index (χ1) is 17.7. The molecule has 0 spiro atoms. The van der Waals surface area contributed by atoms with Crippen LogP contribution in [0.3, 0.4) is 0 Å². The summed E-state index contributed by atoms with van der Waals surface area (Å²) in [5.41, 5.74) is 7.93. The highest BCUT2D eigenvalue weighted by Gasteiger charge is 2.28. The van der Waals surface area contributed by atoms with Crippen LogP contribution in [-0.2, 0) is 6.42 Å². The maximum Gasteiger partial charge on any atom is 0.213 e. The molecule has 7 nitrogen and oxygen atoms in total. The van der Waals surface area contributed by atoms with Crippen LogP contribution in [0.2, 0.25) is 0 Å². The third kappa shape index (κ3) is 4.26. The maximum atomic E-state index is 5.60. The Bertz CT molecular complexity index is 1400. The first-order valence-electron chi connectivity index (χ1n) is 12.7. The molecule has 36 heavy (non-hydrogen) atoms. The number of H-pyrrole nitrogens is 1. The van der Waals surface area contributed by atoms with Gasteiger partial charge in [0.1, 0.15) is 18.0 Å². The number of anilines is 1. The second-order valence-electron chi connectivity index (χ2n) is 9.44. The Morgan fingerprint density at radius 1 is 1.03 bits per heavy atom. The Hall–Kier alpha value is -4.00. The molecule has 1 aliphatic heterocycles. The third-order valence-corrected chi connectivity index (χ3v) is 7.15. The highest BCUT2D eigenvalue weighted by atomic mass is 16.5. The lowest BCUT2D eigenvalue weighted by molar-refractivity contribution is 0.327. The largest absolute Gasteiger partial charge is 0.478 e. The fraction of sp³-hybridized carbons (Fsp3) is 0.310. The lowest BCUT2D eigenvalue weighted by Gasteiger charge is -2.32. The Kier molecular flexibility index (Phi) is 5.97. The van der Waals surface area contributed by atoms with Crippen molar-refractivity contribution in [3.63, 3.8) is 0 Å². The van der Waals surface area contributed by atoms with Crippen LogP contribution >= 0.6 is 0 Å². The maximum absolute atomic E-state index is 5.60. The van der Waals surface area contributed by atoms with Crippen LogP contribution in [-0.4, -0.2) is 44.6 Å². The molecule has 1 fully saturated rings. The van der Waals surface area contributed by atoms with Gasteiger partial charge >= 0.3 is 0 Å². The van der Waals surface area contributed by atoms with Crippen molar-refractivity contribution in [2.45, 2.75) is 39.0 Å². The molecule has 0 bridgehead atoms. The predicted molar refractivity (Wildman–Crippen MR) is 142 cm³/mol. The van der Waals surface area contributed by atoms with Gasteiger partial charge in [0, 0.05) is 54.5 Å². The number of hydrogen-bond donors (Lipinski definition) is 1. The molecular formula is C29H30N6O. The Balaban J connectivity index is 1.19. The summed E-state index contributed by atoms with van der Waals surface area (Å²) in [4.78, 5) is 24.6. The Morgan fingerprint density at radius 3 is 2.67 bits per heavy atom. The average molecular weight is 479 g/mol. The number of hydrogen-bond acceptors (Lipinski definition) is 6. The van der Waals surface area contributed by atoms with Crippen LogP contribution in [0.1, 0.15) is 54.0 Å². The van der Waals surface area contributed by atoms with E-state index in [1.807, 2.05) is 25.1 Å². The van der Waals surface area contributed by atoms with Gasteiger partial charge in [-0.25, -0.2) is 19.9 Å². The zero-order valence-corrected chi connectivity index (χ0v) is 20.7. The number of fused-ring (bicyclic) bond motifs is 1. The topological polar surface area (TPSA) is 79.8 Å². The first kappa shape index (κ1) is 22.5. The summed E-state index contributed by atoms with van der Waals surface area (Å²) in [6.45, 7) is 6.58. The van der Waals surface area contributed by atoms with Crippen LogP contribution < -0.4 is 9.64 Å². The summed E-state index contributed by atoms with van der Waals surface area (Å²) in [5, 5.41) is 0. The van der Waals surface area contributed by atoms with Crippen molar-refractivity contribution in [1.82, 2.24) is 24.9 Å². The second-order valence-corrected chi connectivity index (χ2v) is 9.44. The van der Waals surface area contributed by atoms with Crippen LogP contribution in [0, 0.1) is 6.92 Å². The normalized spacial score (nSPS) is 15.6. The molecular weight excluding hydrogens is 448 g/mol. The number of nitrogens with zero attached hydrogens (tertiary/aromatic N) is 5. The molecule has 6 rings (SSSR count). The van der Waals surface area contributed by atoms with Gasteiger partial charge in [0.05, 0.1) is 18.0 Å². The van der Waals surface area contributed by atoms with E-state index in [0.717, 1.165) is 77.8 Å². The fourth-order valence-electron chi connectivity index (χ4n) is 5.31. The lowest BCUT2D eigenvalue weighted by Crippen LogP contribution is -2.34. The van der Waals surface area contributed by atoms with Crippen molar-refractivity contribution >= 4 is 17.5 Å². The van der Waals surface area contributed by atoms with E-state index in [0.29, 0.717) is 18.4 Å². The van der Waals surface area contributed by atoms with Crippen molar-refractivity contribution in [3.8, 4) is 17.1 Å². The number of aromatic nitrogens is 5. The summed E-state index contributed by atoms with van der Waals surface area (Å²) >= 11 is 0. The van der Waals surface area contributed by atoms with Crippen LogP contribution in [0.15, 0.2) is 55.0 Å². The molecule has 1 N–H and O–H groups in total. The number of imidazole rings is 1. The van der Waals surface area contributed by atoms with Crippen molar-refractivity contribution in [2.24, 2.45) is 0 Å². The molecule has 4 aromatic rings. The molecule has 0 saturated carbocycles. The van der Waals surface area contributed by atoms with Crippen molar-refractivity contribution in [1.29, 1.82) is 0 Å². The second kappa shape index (κ2) is 9.57. The number of aryl methyl sites for hydroxylation is 1. The number of rotatable bonds is 6. The molecule has 0 unspecified atom stereocenters. The third-order valence-electron chi connectivity index (χ3n) is 7.15. The SMILES string of the molecule is CCOc1cc(C2=Cc3c(ncnc3N3CCC(c4nc(-c5ccccc5)c(C)[nH]4)CC3)C2)ccn1. The molecule has 3 aromatic heterocycles. The zero-order valence-electron chi connectivity index (χ0n) is 20.7. The van der Waals surface area contributed by atoms with E-state index >= 15 is 0 Å². The molecule has 0 radical (unpaired) electrons. The van der Waals surface area contributed by atoms with Gasteiger partial charge in [-0.2, -0.15) is 0 Å². The van der Waals surface area contributed by atoms with Crippen molar-refractivity contribution < 1.29 is 4.74 Å². The van der Waals surface area contributed by atoms with Gasteiger partial charge in [-0.3, -0.25) is 0 Å². The van der Waals surface area contributed by atoms with E-state index < -0.39 is 0 Å². The van der Waals surface area contributed by atoms with Gasteiger partial charge in [0.15, 0.2) is 0 Å². The van der Waals surface area contributed by atoms with Crippen molar-refractivity contribution in [3.05, 3.63) is 83.3 Å². The Morgan fingerprint density at radius 2 is 1.86 bits per heavy atom. The highest BCUT2D eigenvalue weighted by Crippen LogP contribution is 2.38. The zero-order chi connectivity index (χ0) is 24.5. The van der Waals surface area contributed by atoms with Crippen LogP contribution in [0.5, 0.6) is 5.88 Å². The molecule has 2 aliphatic rings. The minimum absolute atomic E-state index is 0.423. The molecule has 182 valence electrons. The number of nitrogens with one attached hydrogen (secondary N) is 1. The molecule has 1 aromatic carbocycles. The van der Waals surface area contributed by atoms with Crippen molar-refractivity contribution in [2.75, 3.05) is 24.6 Å². The minimum atomic E-state index is 0.423. The molecule has 1 saturated heterocycles. The summed E-state index contributed by atoms with van der Waals surface area (Å²) in [5.74, 6) is 3.22. The van der Waals surface area contributed by atoms with Gasteiger partial charge in [-0.1, -0.05) is 30.3 Å². The van der Waals surface area contributed by atoms with E-state index in [-0.39, 0.29) is 0 Å². The number of benzene rings is 1. The fourth-order valence-corrected chi connectivity index (χ4v) is 5.31. The predicted octanol–water partition coefficient (Wildman–Crippen LogP) is 5.45. The molecule has 0 atom stereocenters. The number of piperidine rings is 1. The number of allylic oxidation sites excluding steroid dienone is 1. The van der Waals surface area contributed by atoms with Gasteiger partial charge in [0.2, 0.25) is 5.88 Å². The summed E-state index contributed by atoms with van der Waals surface area (Å²) < 4.78 is 5.60. The van der Waals surface area contributed by atoms with E-state index in [1.165, 1.54) is 5.57 Å². The summed E-state index contributed by atoms with van der Waals surface area (Å²) in [6.07, 6.45) is 8.63. The quantitative estimate of drug-likeness (QED) is 0.397. The molecule has 7 heteroatoms. The van der Waals surface area contributed by atoms with Gasteiger partial charge in [-0.15, -0.1) is 0 Å². The molecule has 1 aliphatic carbocycles. The summed E-state index contributed by atoms with van der Waals surface area (Å²) in [6, 6.07) is 14.5. The van der Waals surface area contributed by atoms with Crippen LogP contribution in [0.25, 0.3) is 22.9 Å². The number of aromatic amines is 1. The van der Waals surface area contributed by atoms with Gasteiger partial charge in [-0.05, 0) is 50.0 Å². The minimum Gasteiger partial charge on any atom is -0.478 e. The standard InChI is InChI=1S/C29H30N6O/c1-3-36-26-17-22(9-12-30-26)23-15-24-25(16-23)31-18-32-29(24)35-13-10-21(11-14-35)28-33-19(2)27(34-28)20-7-5-4-6-8-20/h4-9,12,15,17-18,21H,3,10-11,13-14,16H2,1-2H3,(H,33,34). The first-order valence-corrected chi connectivity index (χ1v) is 12.7. The molecule has 4 heterocycles. The van der Waals surface area contributed by atoms with Gasteiger partial charge < -0.3 is 14.6 Å². The number of ether oxygens (including phenoxy) is 1. The van der Waals surface area contributed by atoms with Gasteiger partial charge in [0.25, 0.3) is 0 Å². The molecule has 0 amide bonds. The highest BCUT2D eigenvalue weighted by molar-refractivity contribution is 5.91. The smallest absolute Gasteiger partial charge is 0.213 e. The Labute approximate surface area is 211 Å². The summed E-state index contributed by atoms with van der Waals surface area (Å²) in [7, 11) is 0. The van der Waals surface area contributed by atoms with E-state index in [9.17, 15) is 0 Å². The monoisotopic (exact) mass is 478 g/mol. The average Bonchev–Trinajstić information content (AvgIpc) is 3.53. The van der Waals surface area contributed by atoms with E-state index in [4.69, 9.17) is 14.7 Å². The van der Waals surface area contributed by atoms with Crippen LogP contribution in [0.4, 0.5) is 5.82 Å².